The van der Waals surface area contributed by atoms with Crippen molar-refractivity contribution in [2.75, 3.05) is 0 Å². The number of nitrogens with zero attached hydrogens (tertiary/aromatic N) is 1. The highest BCUT2D eigenvalue weighted by Gasteiger charge is 2.48. The normalized spacial score (nSPS) is 27.9. The molecular weight excluding hydrogens is 240 g/mol. The molecule has 1 fully saturated rings. The molecule has 2 atom stereocenters. The van der Waals surface area contributed by atoms with E-state index in [1.54, 1.807) is 0 Å². The Hall–Kier alpha value is -1.06. The van der Waals surface area contributed by atoms with Crippen molar-refractivity contribution in [1.29, 1.82) is 0 Å². The van der Waals surface area contributed by atoms with E-state index in [0.29, 0.717) is 6.42 Å². The number of hydrogen-bond donors (Lipinski definition) is 1. The first-order valence-corrected chi connectivity index (χ1v) is 7.59. The zero-order chi connectivity index (χ0) is 14.6. The van der Waals surface area contributed by atoms with Crippen molar-refractivity contribution in [1.82, 2.24) is 10.2 Å². The van der Waals surface area contributed by atoms with Gasteiger partial charge in [-0.25, -0.2) is 0 Å². The predicted molar refractivity (Wildman–Crippen MR) is 76.8 cm³/mol. The molecule has 0 aromatic carbocycles. The Labute approximate surface area is 116 Å². The molecule has 1 aliphatic rings. The molecule has 1 saturated heterocycles. The van der Waals surface area contributed by atoms with Gasteiger partial charge in [-0.15, -0.1) is 0 Å². The van der Waals surface area contributed by atoms with E-state index in [1.807, 2.05) is 18.7 Å². The Bertz CT molecular complexity index is 339. The Morgan fingerprint density at radius 3 is 2.21 bits per heavy atom. The minimum atomic E-state index is -0.732. The number of rotatable bonds is 6. The third kappa shape index (κ3) is 2.93. The van der Waals surface area contributed by atoms with Crippen LogP contribution in [0.3, 0.4) is 0 Å². The lowest BCUT2D eigenvalue weighted by Crippen LogP contribution is -2.70. The Kier molecular flexibility index (Phi) is 5.39. The molecule has 0 bridgehead atoms. The average molecular weight is 268 g/mol. The van der Waals surface area contributed by atoms with E-state index in [1.165, 1.54) is 0 Å². The molecular formula is C15H28N2O2. The van der Waals surface area contributed by atoms with Crippen LogP contribution in [-0.2, 0) is 9.59 Å². The van der Waals surface area contributed by atoms with E-state index in [4.69, 9.17) is 0 Å². The zero-order valence-corrected chi connectivity index (χ0v) is 13.0. The molecule has 2 amide bonds. The SMILES string of the molecule is CCCC1C(=O)NC(C)(CC)C(=O)N1C(CC)CC. The fourth-order valence-electron chi connectivity index (χ4n) is 2.85. The minimum absolute atomic E-state index is 0.0118. The Morgan fingerprint density at radius 1 is 1.21 bits per heavy atom. The van der Waals surface area contributed by atoms with Gasteiger partial charge in [0, 0.05) is 6.04 Å². The van der Waals surface area contributed by atoms with Crippen molar-refractivity contribution < 1.29 is 9.59 Å². The second-order valence-electron chi connectivity index (χ2n) is 5.66. The summed E-state index contributed by atoms with van der Waals surface area (Å²) in [4.78, 5) is 27.0. The van der Waals surface area contributed by atoms with E-state index in [9.17, 15) is 9.59 Å². The predicted octanol–water partition coefficient (Wildman–Crippen LogP) is 2.47. The highest BCUT2D eigenvalue weighted by Crippen LogP contribution is 2.27. The molecule has 0 aliphatic carbocycles. The number of carbonyl (C=O) groups excluding carboxylic acids is 2. The van der Waals surface area contributed by atoms with E-state index in [-0.39, 0.29) is 23.9 Å². The molecule has 0 saturated carbocycles. The second-order valence-corrected chi connectivity index (χ2v) is 5.66. The van der Waals surface area contributed by atoms with Crippen molar-refractivity contribution in [3.8, 4) is 0 Å². The van der Waals surface area contributed by atoms with E-state index in [0.717, 1.165) is 25.7 Å². The lowest BCUT2D eigenvalue weighted by molar-refractivity contribution is -0.158. The van der Waals surface area contributed by atoms with Crippen molar-refractivity contribution in [3.05, 3.63) is 0 Å². The summed E-state index contributed by atoms with van der Waals surface area (Å²) in [5, 5.41) is 2.93. The zero-order valence-electron chi connectivity index (χ0n) is 13.0. The van der Waals surface area contributed by atoms with Crippen LogP contribution in [0, 0.1) is 0 Å². The minimum Gasteiger partial charge on any atom is -0.340 e. The molecule has 0 radical (unpaired) electrons. The summed E-state index contributed by atoms with van der Waals surface area (Å²) in [5.74, 6) is 0.0967. The van der Waals surface area contributed by atoms with E-state index >= 15 is 0 Å². The Balaban J connectivity index is 3.13. The van der Waals surface area contributed by atoms with Crippen molar-refractivity contribution in [2.24, 2.45) is 0 Å². The van der Waals surface area contributed by atoms with Crippen LogP contribution in [-0.4, -0.2) is 34.3 Å². The van der Waals surface area contributed by atoms with Crippen LogP contribution in [0.5, 0.6) is 0 Å². The largest absolute Gasteiger partial charge is 0.340 e. The molecule has 19 heavy (non-hydrogen) atoms. The van der Waals surface area contributed by atoms with Gasteiger partial charge in [-0.2, -0.15) is 0 Å². The summed E-state index contributed by atoms with van der Waals surface area (Å²) >= 11 is 0. The number of amides is 2. The quantitative estimate of drug-likeness (QED) is 0.804. The number of hydrogen-bond acceptors (Lipinski definition) is 2. The lowest BCUT2D eigenvalue weighted by Gasteiger charge is -2.47. The van der Waals surface area contributed by atoms with Gasteiger partial charge in [0.15, 0.2) is 0 Å². The number of piperazine rings is 1. The van der Waals surface area contributed by atoms with Gasteiger partial charge < -0.3 is 10.2 Å². The van der Waals surface area contributed by atoms with Crippen LogP contribution in [0.4, 0.5) is 0 Å². The fourth-order valence-corrected chi connectivity index (χ4v) is 2.85. The average Bonchev–Trinajstić information content (AvgIpc) is 2.40. The van der Waals surface area contributed by atoms with Gasteiger partial charge in [0.1, 0.15) is 11.6 Å². The van der Waals surface area contributed by atoms with Gasteiger partial charge in [-0.3, -0.25) is 9.59 Å². The molecule has 1 aliphatic heterocycles. The van der Waals surface area contributed by atoms with Gasteiger partial charge in [-0.05, 0) is 32.6 Å². The molecule has 0 aromatic heterocycles. The first kappa shape index (κ1) is 16.0. The Morgan fingerprint density at radius 2 is 1.79 bits per heavy atom. The lowest BCUT2D eigenvalue weighted by atomic mass is 9.88. The van der Waals surface area contributed by atoms with E-state index in [2.05, 4.69) is 26.1 Å². The van der Waals surface area contributed by atoms with Gasteiger partial charge in [0.2, 0.25) is 11.8 Å². The van der Waals surface area contributed by atoms with Crippen molar-refractivity contribution >= 4 is 11.8 Å². The van der Waals surface area contributed by atoms with Crippen LogP contribution in [0.2, 0.25) is 0 Å². The number of carbonyl (C=O) groups is 2. The van der Waals surface area contributed by atoms with Crippen molar-refractivity contribution in [3.63, 3.8) is 0 Å². The summed E-state index contributed by atoms with van der Waals surface area (Å²) < 4.78 is 0. The topological polar surface area (TPSA) is 49.4 Å². The molecule has 2 unspecified atom stereocenters. The third-order valence-corrected chi connectivity index (χ3v) is 4.35. The van der Waals surface area contributed by atoms with Gasteiger partial charge >= 0.3 is 0 Å². The highest BCUT2D eigenvalue weighted by molar-refractivity contribution is 5.99. The monoisotopic (exact) mass is 268 g/mol. The van der Waals surface area contributed by atoms with E-state index < -0.39 is 5.54 Å². The summed E-state index contributed by atoms with van der Waals surface area (Å²) in [5.41, 5.74) is -0.732. The molecule has 1 rings (SSSR count). The van der Waals surface area contributed by atoms with Crippen LogP contribution in [0.15, 0.2) is 0 Å². The number of nitrogens with one attached hydrogen (secondary N) is 1. The first-order valence-electron chi connectivity index (χ1n) is 7.59. The highest BCUT2D eigenvalue weighted by atomic mass is 16.2. The van der Waals surface area contributed by atoms with Crippen LogP contribution in [0.25, 0.3) is 0 Å². The van der Waals surface area contributed by atoms with Crippen molar-refractivity contribution in [2.45, 2.75) is 84.3 Å². The maximum Gasteiger partial charge on any atom is 0.248 e. The van der Waals surface area contributed by atoms with Crippen LogP contribution in [0.1, 0.15) is 66.7 Å². The third-order valence-electron chi connectivity index (χ3n) is 4.35. The molecule has 0 spiro atoms. The molecule has 4 heteroatoms. The van der Waals surface area contributed by atoms with Crippen LogP contribution >= 0.6 is 0 Å². The molecule has 1 N–H and O–H groups in total. The van der Waals surface area contributed by atoms with Gasteiger partial charge in [-0.1, -0.05) is 34.1 Å². The molecule has 1 heterocycles. The fraction of sp³-hybridized carbons (Fsp3) is 0.867. The van der Waals surface area contributed by atoms with Crippen LogP contribution < -0.4 is 5.32 Å². The van der Waals surface area contributed by atoms with Gasteiger partial charge in [0.25, 0.3) is 0 Å². The maximum absolute atomic E-state index is 12.8. The summed E-state index contributed by atoms with van der Waals surface area (Å²) in [6.45, 7) is 10.0. The first-order chi connectivity index (χ1) is 8.95. The standard InChI is InChI=1S/C15H28N2O2/c1-6-10-12-13(18)16-15(5,9-4)14(19)17(12)11(7-2)8-3/h11-12H,6-10H2,1-5H3,(H,16,18). The second kappa shape index (κ2) is 6.40. The maximum atomic E-state index is 12.8. The molecule has 4 nitrogen and oxygen atoms in total. The summed E-state index contributed by atoms with van der Waals surface area (Å²) in [7, 11) is 0. The summed E-state index contributed by atoms with van der Waals surface area (Å²) in [6, 6.07) is -0.122. The summed E-state index contributed by atoms with van der Waals surface area (Å²) in [6.07, 6.45) is 4.08. The smallest absolute Gasteiger partial charge is 0.248 e. The molecule has 110 valence electrons. The van der Waals surface area contributed by atoms with Gasteiger partial charge in [0.05, 0.1) is 0 Å². The molecule has 0 aromatic rings.